The smallest absolute Gasteiger partial charge is 0.416 e. The first-order chi connectivity index (χ1) is 21.7. The van der Waals surface area contributed by atoms with Gasteiger partial charge >= 0.3 is 18.1 Å². The molecule has 1 fully saturated rings. The van der Waals surface area contributed by atoms with Crippen molar-refractivity contribution in [2.24, 2.45) is 5.92 Å². The zero-order valence-electron chi connectivity index (χ0n) is 24.7. The number of halogens is 3. The van der Waals surface area contributed by atoms with Crippen LogP contribution in [0.15, 0.2) is 42.5 Å². The van der Waals surface area contributed by atoms with Gasteiger partial charge in [-0.05, 0) is 29.8 Å². The van der Waals surface area contributed by atoms with Gasteiger partial charge in [0.15, 0.2) is 29.5 Å². The highest BCUT2D eigenvalue weighted by Crippen LogP contribution is 2.35. The summed E-state index contributed by atoms with van der Waals surface area (Å²) in [5.41, 5.74) is -0.0304. The number of quaternary nitrogens is 1. The first-order valence-electron chi connectivity index (χ1n) is 14.6. The van der Waals surface area contributed by atoms with Crippen molar-refractivity contribution in [3.63, 3.8) is 0 Å². The van der Waals surface area contributed by atoms with Gasteiger partial charge in [-0.25, -0.2) is 9.59 Å². The molecule has 2 aromatic carbocycles. The third-order valence-corrected chi connectivity index (χ3v) is 7.68. The summed E-state index contributed by atoms with van der Waals surface area (Å²) >= 11 is 0. The first-order valence-corrected chi connectivity index (χ1v) is 14.6. The molecule has 12 nitrogen and oxygen atoms in total. The Kier molecular flexibility index (Phi) is 13.1. The van der Waals surface area contributed by atoms with Crippen molar-refractivity contribution in [2.45, 2.75) is 56.6 Å². The molecule has 2 aromatic rings. The average molecular weight is 657 g/mol. The number of carbonyl (C=O) groups is 4. The summed E-state index contributed by atoms with van der Waals surface area (Å²) in [4.78, 5) is 46.2. The van der Waals surface area contributed by atoms with Gasteiger partial charge < -0.3 is 39.9 Å². The normalized spacial score (nSPS) is 17.2. The highest BCUT2D eigenvalue weighted by molar-refractivity contribution is 5.98. The van der Waals surface area contributed by atoms with E-state index >= 15 is 0 Å². The molecule has 4 rings (SSSR count). The fraction of sp³-hybridized carbons (Fsp3) is 0.484. The zero-order valence-corrected chi connectivity index (χ0v) is 24.7. The number of aliphatic hydroxyl groups is 3. The van der Waals surface area contributed by atoms with Crippen LogP contribution in [0.2, 0.25) is 0 Å². The van der Waals surface area contributed by atoms with E-state index in [1.54, 1.807) is 18.2 Å². The Hall–Kier alpha value is -4.05. The number of Topliss-reactive ketones (excluding diaryl/α,β-unsaturated/α-hetero) is 2. The lowest BCUT2D eigenvalue weighted by Gasteiger charge is -2.26. The van der Waals surface area contributed by atoms with Crippen molar-refractivity contribution in [1.29, 1.82) is 0 Å². The molecule has 6 N–H and O–H groups in total. The van der Waals surface area contributed by atoms with Crippen LogP contribution in [0.1, 0.15) is 59.7 Å². The number of carbonyl (C=O) groups excluding carboxylic acids is 2. The topological polar surface area (TPSA) is 192 Å². The molecule has 1 unspecified atom stereocenters. The molecule has 2 aliphatic heterocycles. The van der Waals surface area contributed by atoms with E-state index < -0.39 is 42.0 Å². The molecule has 0 bridgehead atoms. The van der Waals surface area contributed by atoms with Crippen LogP contribution in [-0.2, 0) is 20.6 Å². The maximum atomic E-state index is 12.9. The Labute approximate surface area is 262 Å². The molecule has 0 aromatic heterocycles. The van der Waals surface area contributed by atoms with Gasteiger partial charge in [-0.15, -0.1) is 0 Å². The molecule has 0 saturated carbocycles. The number of hydrogen-bond acceptors (Lipinski definition) is 9. The Morgan fingerprint density at radius 1 is 0.804 bits per heavy atom. The number of ketones is 2. The number of likely N-dealkylation sites (tertiary alicyclic amines) is 1. The highest BCUT2D eigenvalue weighted by atomic mass is 19.4. The summed E-state index contributed by atoms with van der Waals surface area (Å²) in [6, 6.07) is 9.31. The minimum atomic E-state index is -4.47. The van der Waals surface area contributed by atoms with Crippen LogP contribution in [0.25, 0.3) is 0 Å². The molecule has 46 heavy (non-hydrogen) atoms. The summed E-state index contributed by atoms with van der Waals surface area (Å²) in [7, 11) is 0. The molecule has 0 radical (unpaired) electrons. The lowest BCUT2D eigenvalue weighted by molar-refractivity contribution is -0.891. The van der Waals surface area contributed by atoms with Crippen molar-refractivity contribution < 1.29 is 72.3 Å². The summed E-state index contributed by atoms with van der Waals surface area (Å²) in [5.74, 6) is -3.23. The zero-order chi connectivity index (χ0) is 34.0. The monoisotopic (exact) mass is 656 g/mol. The number of benzene rings is 2. The minimum Gasteiger partial charge on any atom is -0.486 e. The van der Waals surface area contributed by atoms with Crippen LogP contribution in [0, 0.1) is 5.92 Å². The molecule has 0 spiro atoms. The fourth-order valence-corrected chi connectivity index (χ4v) is 5.17. The molecular weight excluding hydrogens is 619 g/mol. The lowest BCUT2D eigenvalue weighted by Crippen LogP contribution is -3.10. The largest absolute Gasteiger partial charge is 0.486 e. The van der Waals surface area contributed by atoms with E-state index in [2.05, 4.69) is 0 Å². The van der Waals surface area contributed by atoms with Crippen LogP contribution in [-0.4, -0.2) is 94.1 Å². The quantitative estimate of drug-likeness (QED) is 0.170. The second kappa shape index (κ2) is 16.5. The van der Waals surface area contributed by atoms with Gasteiger partial charge in [0.1, 0.15) is 19.0 Å². The second-order valence-electron chi connectivity index (χ2n) is 11.1. The Morgan fingerprint density at radius 2 is 1.37 bits per heavy atom. The Balaban J connectivity index is 0.000000498. The highest BCUT2D eigenvalue weighted by Gasteiger charge is 2.32. The van der Waals surface area contributed by atoms with Crippen molar-refractivity contribution in [3.8, 4) is 11.5 Å². The SMILES string of the molecule is O=C(CCC(=O)c1ccc(C(F)(F)F)cc1)C[C@H](C[NH+]1CCCC1)C(O)c1ccc2c(c1)OCCO2.O=C(O)[C@@H](O)[C@H](O)C(=O)O. The van der Waals surface area contributed by atoms with Crippen LogP contribution in [0.4, 0.5) is 13.2 Å². The molecule has 15 heteroatoms. The van der Waals surface area contributed by atoms with Crippen LogP contribution >= 0.6 is 0 Å². The van der Waals surface area contributed by atoms with Crippen molar-refractivity contribution in [1.82, 2.24) is 0 Å². The fourth-order valence-electron chi connectivity index (χ4n) is 5.17. The minimum absolute atomic E-state index is 0.0282. The van der Waals surface area contributed by atoms with Crippen LogP contribution < -0.4 is 14.4 Å². The first kappa shape index (κ1) is 36.4. The van der Waals surface area contributed by atoms with E-state index in [0.29, 0.717) is 36.8 Å². The third kappa shape index (κ3) is 10.5. The summed E-state index contributed by atoms with van der Waals surface area (Å²) in [5, 5.41) is 43.7. The number of alkyl halides is 3. The Morgan fingerprint density at radius 3 is 1.91 bits per heavy atom. The van der Waals surface area contributed by atoms with Gasteiger partial charge in [0.25, 0.3) is 0 Å². The van der Waals surface area contributed by atoms with E-state index in [1.165, 1.54) is 4.90 Å². The van der Waals surface area contributed by atoms with Gasteiger partial charge in [-0.2, -0.15) is 13.2 Å². The number of carboxylic acids is 2. The van der Waals surface area contributed by atoms with Gasteiger partial charge in [-0.1, -0.05) is 18.2 Å². The molecule has 4 atom stereocenters. The number of carboxylic acid groups (broad SMARTS) is 2. The summed E-state index contributed by atoms with van der Waals surface area (Å²) in [6.07, 6.45) is -7.68. The molecule has 2 aliphatic rings. The van der Waals surface area contributed by atoms with Crippen molar-refractivity contribution >= 4 is 23.5 Å². The van der Waals surface area contributed by atoms with E-state index in [1.807, 2.05) is 0 Å². The number of fused-ring (bicyclic) bond motifs is 1. The summed E-state index contributed by atoms with van der Waals surface area (Å²) in [6.45, 7) is 3.51. The van der Waals surface area contributed by atoms with Gasteiger partial charge in [-0.3, -0.25) is 9.59 Å². The molecule has 0 aliphatic carbocycles. The third-order valence-electron chi connectivity index (χ3n) is 7.68. The van der Waals surface area contributed by atoms with Gasteiger partial charge in [0.2, 0.25) is 0 Å². The molecule has 1 saturated heterocycles. The van der Waals surface area contributed by atoms with E-state index in [-0.39, 0.29) is 42.3 Å². The standard InChI is InChI=1S/C27H30F3NO5.C4H6O6/c28-27(29,30)21-6-3-18(4-7-21)23(33)9-8-22(32)15-20(17-31-11-1-2-12-31)26(34)19-5-10-24-25(16-19)36-14-13-35-24;5-1(3(7)8)2(6)4(9)10/h3-7,10,16,20,26,34H,1-2,8-9,11-15,17H2;1-2,5-6H,(H,7,8)(H,9,10)/p+1/t20-,26?;1-,2-/m10/s1. The number of nitrogens with one attached hydrogen (secondary N) is 1. The Bertz CT molecular complexity index is 1340. The van der Waals surface area contributed by atoms with E-state index in [9.17, 15) is 37.5 Å². The number of ether oxygens (including phenoxy) is 2. The van der Waals surface area contributed by atoms with Crippen LogP contribution in [0.5, 0.6) is 11.5 Å². The van der Waals surface area contributed by atoms with Gasteiger partial charge in [0.05, 0.1) is 31.3 Å². The number of rotatable bonds is 13. The van der Waals surface area contributed by atoms with Crippen LogP contribution in [0.3, 0.4) is 0 Å². The number of hydrogen-bond donors (Lipinski definition) is 6. The summed E-state index contributed by atoms with van der Waals surface area (Å²) < 4.78 is 49.4. The van der Waals surface area contributed by atoms with Gasteiger partial charge in [0, 0.05) is 43.6 Å². The van der Waals surface area contributed by atoms with E-state index in [4.69, 9.17) is 29.9 Å². The molecular formula is C31H37F3NO11+. The number of aliphatic carboxylic acids is 2. The van der Waals surface area contributed by atoms with E-state index in [0.717, 1.165) is 50.2 Å². The predicted octanol–water partition coefficient (Wildman–Crippen LogP) is 1.30. The van der Waals surface area contributed by atoms with Crippen molar-refractivity contribution in [2.75, 3.05) is 32.8 Å². The molecule has 0 amide bonds. The van der Waals surface area contributed by atoms with Crippen molar-refractivity contribution in [3.05, 3.63) is 59.2 Å². The second-order valence-corrected chi connectivity index (χ2v) is 11.1. The predicted molar refractivity (Wildman–Crippen MR) is 153 cm³/mol. The number of aliphatic hydroxyl groups excluding tert-OH is 3. The maximum absolute atomic E-state index is 12.9. The lowest BCUT2D eigenvalue weighted by atomic mass is 9.89. The molecule has 2 heterocycles. The average Bonchev–Trinajstić information content (AvgIpc) is 3.55. The molecule has 252 valence electrons. The maximum Gasteiger partial charge on any atom is 0.416 e.